The predicted molar refractivity (Wildman–Crippen MR) is 35.5 cm³/mol. The second-order valence-electron chi connectivity index (χ2n) is 1.41. The first-order valence-electron chi connectivity index (χ1n) is 2.72. The molecule has 0 amide bonds. The average molecular weight is 140 g/mol. The van der Waals surface area contributed by atoms with Gasteiger partial charge in [-0.2, -0.15) is 0 Å². The van der Waals surface area contributed by atoms with Crippen LogP contribution in [0.2, 0.25) is 0 Å². The molecule has 0 radical (unpaired) electrons. The lowest BCUT2D eigenvalue weighted by molar-refractivity contribution is -0.137. The van der Waals surface area contributed by atoms with Gasteiger partial charge < -0.3 is 9.84 Å². The number of hydrogen-bond donors (Lipinski definition) is 1. The van der Waals surface area contributed by atoms with Crippen LogP contribution in [0.1, 0.15) is 6.42 Å². The summed E-state index contributed by atoms with van der Waals surface area (Å²) in [4.78, 5) is 10.3. The highest BCUT2D eigenvalue weighted by Gasteiger charge is 1.91. The molecule has 0 heterocycles. The minimum Gasteiger partial charge on any atom is -0.462 e. The van der Waals surface area contributed by atoms with Crippen LogP contribution in [0, 0.1) is 12.0 Å². The Hall–Kier alpha value is -1.43. The Morgan fingerprint density at radius 2 is 2.50 bits per heavy atom. The van der Waals surface area contributed by atoms with Gasteiger partial charge in [0.15, 0.2) is 0 Å². The molecular weight excluding hydrogens is 132 g/mol. The molecule has 0 fully saturated rings. The fourth-order valence-electron chi connectivity index (χ4n) is 0.317. The number of aliphatic hydroxyl groups excluding tert-OH is 1. The fourth-order valence-corrected chi connectivity index (χ4v) is 0.317. The highest BCUT2D eigenvalue weighted by Crippen LogP contribution is 1.81. The molecule has 0 aromatic heterocycles. The minimum atomic E-state index is -0.472. The maximum Gasteiger partial charge on any atom is 0.330 e. The van der Waals surface area contributed by atoms with Crippen molar-refractivity contribution in [2.45, 2.75) is 6.42 Å². The molecule has 0 atom stereocenters. The van der Waals surface area contributed by atoms with Crippen LogP contribution in [0.3, 0.4) is 0 Å². The van der Waals surface area contributed by atoms with Gasteiger partial charge in [0.25, 0.3) is 0 Å². The van der Waals surface area contributed by atoms with Gasteiger partial charge >= 0.3 is 5.97 Å². The van der Waals surface area contributed by atoms with Crippen molar-refractivity contribution in [3.63, 3.8) is 0 Å². The van der Waals surface area contributed by atoms with Gasteiger partial charge in [-0.3, -0.25) is 0 Å². The molecule has 3 nitrogen and oxygen atoms in total. The summed E-state index contributed by atoms with van der Waals surface area (Å²) in [6.07, 6.45) is 3.11. The molecule has 0 bridgehead atoms. The zero-order valence-electron chi connectivity index (χ0n) is 5.46. The maximum atomic E-state index is 10.3. The first-order chi connectivity index (χ1) is 4.81. The minimum absolute atomic E-state index is 0.193. The Morgan fingerprint density at radius 1 is 1.80 bits per heavy atom. The third-order valence-corrected chi connectivity index (χ3v) is 0.717. The van der Waals surface area contributed by atoms with E-state index in [1.54, 1.807) is 6.11 Å². The van der Waals surface area contributed by atoms with Crippen LogP contribution < -0.4 is 0 Å². The Bertz CT molecular complexity index is 173. The van der Waals surface area contributed by atoms with Gasteiger partial charge in [0, 0.05) is 12.5 Å². The van der Waals surface area contributed by atoms with Crippen molar-refractivity contribution < 1.29 is 14.6 Å². The standard InChI is InChI=1S/C7H8O3/c1-2-7(9)10-6-4-3-5-8/h2,8H,1,4,6H2. The molecule has 0 aliphatic rings. The van der Waals surface area contributed by atoms with E-state index in [0.29, 0.717) is 6.42 Å². The first-order valence-corrected chi connectivity index (χ1v) is 2.72. The van der Waals surface area contributed by atoms with Crippen molar-refractivity contribution in [1.82, 2.24) is 0 Å². The molecule has 0 aliphatic carbocycles. The summed E-state index contributed by atoms with van der Waals surface area (Å²) < 4.78 is 4.52. The summed E-state index contributed by atoms with van der Waals surface area (Å²) in [6, 6.07) is 0. The van der Waals surface area contributed by atoms with Crippen molar-refractivity contribution in [2.24, 2.45) is 0 Å². The molecule has 0 aliphatic heterocycles. The smallest absolute Gasteiger partial charge is 0.330 e. The Balaban J connectivity index is 3.25. The number of rotatable bonds is 3. The summed E-state index contributed by atoms with van der Waals surface area (Å²) in [6.45, 7) is 3.39. The van der Waals surface area contributed by atoms with E-state index >= 15 is 0 Å². The lowest BCUT2D eigenvalue weighted by atomic mass is 10.5. The maximum absolute atomic E-state index is 10.3. The van der Waals surface area contributed by atoms with E-state index in [-0.39, 0.29) is 6.61 Å². The summed E-state index contributed by atoms with van der Waals surface area (Å²) in [5.41, 5.74) is 0. The predicted octanol–water partition coefficient (Wildman–Crippen LogP) is 0.439. The molecule has 0 aromatic carbocycles. The highest BCUT2D eigenvalue weighted by molar-refractivity contribution is 5.81. The van der Waals surface area contributed by atoms with Crippen LogP contribution in [-0.2, 0) is 9.53 Å². The van der Waals surface area contributed by atoms with E-state index in [1.165, 1.54) is 0 Å². The zero-order valence-corrected chi connectivity index (χ0v) is 5.46. The van der Waals surface area contributed by atoms with Crippen molar-refractivity contribution in [2.75, 3.05) is 6.61 Å². The third kappa shape index (κ3) is 4.72. The van der Waals surface area contributed by atoms with Crippen LogP contribution >= 0.6 is 0 Å². The SMILES string of the molecule is C=CC(=O)OCCC#CO. The van der Waals surface area contributed by atoms with Gasteiger partial charge in [-0.15, -0.1) is 0 Å². The summed E-state index contributed by atoms with van der Waals surface area (Å²) in [7, 11) is 0. The van der Waals surface area contributed by atoms with Gasteiger partial charge in [-0.1, -0.05) is 12.5 Å². The zero-order chi connectivity index (χ0) is 7.82. The molecule has 1 N–H and O–H groups in total. The van der Waals surface area contributed by atoms with Crippen molar-refractivity contribution in [1.29, 1.82) is 0 Å². The molecular formula is C7H8O3. The first kappa shape index (κ1) is 8.57. The van der Waals surface area contributed by atoms with Crippen LogP contribution in [0.25, 0.3) is 0 Å². The quantitative estimate of drug-likeness (QED) is 0.268. The molecule has 0 aromatic rings. The molecule has 3 heteroatoms. The number of hydrogen-bond acceptors (Lipinski definition) is 3. The van der Waals surface area contributed by atoms with Crippen molar-refractivity contribution in [3.8, 4) is 12.0 Å². The number of ether oxygens (including phenoxy) is 1. The van der Waals surface area contributed by atoms with E-state index in [4.69, 9.17) is 5.11 Å². The van der Waals surface area contributed by atoms with E-state index in [9.17, 15) is 4.79 Å². The second-order valence-corrected chi connectivity index (χ2v) is 1.41. The van der Waals surface area contributed by atoms with Crippen LogP contribution in [0.4, 0.5) is 0 Å². The Kier molecular flexibility index (Phi) is 4.89. The van der Waals surface area contributed by atoms with Crippen molar-refractivity contribution in [3.05, 3.63) is 12.7 Å². The van der Waals surface area contributed by atoms with E-state index in [1.807, 2.05) is 0 Å². The molecule has 10 heavy (non-hydrogen) atoms. The monoisotopic (exact) mass is 140 g/mol. The number of aliphatic hydroxyl groups is 1. The summed E-state index contributed by atoms with van der Waals surface area (Å²) in [5, 5.41) is 7.97. The van der Waals surface area contributed by atoms with Crippen molar-refractivity contribution >= 4 is 5.97 Å². The van der Waals surface area contributed by atoms with Gasteiger partial charge in [-0.25, -0.2) is 4.79 Å². The number of esters is 1. The van der Waals surface area contributed by atoms with Crippen LogP contribution in [0.15, 0.2) is 12.7 Å². The van der Waals surface area contributed by atoms with E-state index in [0.717, 1.165) is 6.08 Å². The topological polar surface area (TPSA) is 46.5 Å². The molecule has 0 saturated heterocycles. The number of carbonyl (C=O) groups is 1. The van der Waals surface area contributed by atoms with Gasteiger partial charge in [0.1, 0.15) is 12.7 Å². The molecule has 54 valence electrons. The lowest BCUT2D eigenvalue weighted by Gasteiger charge is -1.94. The molecule has 0 unspecified atom stereocenters. The second kappa shape index (κ2) is 5.70. The largest absolute Gasteiger partial charge is 0.462 e. The van der Waals surface area contributed by atoms with E-state index in [2.05, 4.69) is 17.2 Å². The Morgan fingerprint density at radius 3 is 3.00 bits per heavy atom. The Labute approximate surface area is 59.3 Å². The molecule has 0 saturated carbocycles. The van der Waals surface area contributed by atoms with Crippen LogP contribution in [-0.4, -0.2) is 17.7 Å². The van der Waals surface area contributed by atoms with Crippen LogP contribution in [0.5, 0.6) is 0 Å². The molecule has 0 spiro atoms. The lowest BCUT2D eigenvalue weighted by Crippen LogP contribution is -2.00. The third-order valence-electron chi connectivity index (χ3n) is 0.717. The van der Waals surface area contributed by atoms with Gasteiger partial charge in [-0.05, 0) is 0 Å². The number of carbonyl (C=O) groups excluding carboxylic acids is 1. The molecule has 0 rings (SSSR count). The summed E-state index contributed by atoms with van der Waals surface area (Å²) >= 11 is 0. The highest BCUT2D eigenvalue weighted by atomic mass is 16.5. The van der Waals surface area contributed by atoms with E-state index < -0.39 is 5.97 Å². The summed E-state index contributed by atoms with van der Waals surface area (Å²) in [5.74, 6) is 1.85. The fraction of sp³-hybridized carbons (Fsp3) is 0.286. The van der Waals surface area contributed by atoms with Gasteiger partial charge in [0.05, 0.1) is 0 Å². The normalized spacial score (nSPS) is 7.20. The van der Waals surface area contributed by atoms with Gasteiger partial charge in [0.2, 0.25) is 0 Å². The average Bonchev–Trinajstić information content (AvgIpc) is 1.98.